The fraction of sp³-hybridized carbons (Fsp3) is 0.419. The van der Waals surface area contributed by atoms with Crippen LogP contribution in [0.1, 0.15) is 68.2 Å². The standard InChI is InChI=1S/C43H56N12O9/c44-42(45)48-17-9-14-30(36(58)53-32(38(60)54-34(40(62)63)21-35(56)57)19-26-22-49-29-13-6-5-12-28(26)29)51-37(59)31(18-25-10-3-1-4-11-25)52-39(61)33(20-27-23-47-24-50-27)55-41(64)43(46)15-7-2-8-16-43/h1,3-6,10-13,22-24,30-34,49H,2,7-9,14-21,46H2,(H,47,50)(H,51,59)(H,52,61)(H,53,58)(H,54,60)(H,55,64)(H,56,57)(H,62,63)(H4,44,45,48)/t30-,31+,32-,33-,34-/m0/s1. The highest BCUT2D eigenvalue weighted by Crippen LogP contribution is 2.26. The molecule has 0 saturated heterocycles. The highest BCUT2D eigenvalue weighted by molar-refractivity contribution is 5.97. The molecule has 342 valence electrons. The van der Waals surface area contributed by atoms with E-state index in [1.54, 1.807) is 60.8 Å². The van der Waals surface area contributed by atoms with Crippen molar-refractivity contribution in [3.05, 3.63) is 90.1 Å². The fourth-order valence-electron chi connectivity index (χ4n) is 7.56. The summed E-state index contributed by atoms with van der Waals surface area (Å²) >= 11 is 0. The molecule has 64 heavy (non-hydrogen) atoms. The highest BCUT2D eigenvalue weighted by Gasteiger charge is 2.39. The molecule has 0 radical (unpaired) electrons. The van der Waals surface area contributed by atoms with Crippen LogP contribution in [0.2, 0.25) is 0 Å². The summed E-state index contributed by atoms with van der Waals surface area (Å²) in [5.74, 6) is -7.16. The van der Waals surface area contributed by atoms with Crippen molar-refractivity contribution < 1.29 is 43.8 Å². The lowest BCUT2D eigenvalue weighted by Crippen LogP contribution is -2.62. The molecule has 5 atom stereocenters. The maximum absolute atomic E-state index is 14.4. The number of imidazole rings is 1. The topological polar surface area (TPSA) is 355 Å². The monoisotopic (exact) mass is 884 g/mol. The summed E-state index contributed by atoms with van der Waals surface area (Å²) in [4.78, 5) is 108. The van der Waals surface area contributed by atoms with E-state index < -0.39 is 83.6 Å². The van der Waals surface area contributed by atoms with Gasteiger partial charge in [0.05, 0.1) is 18.3 Å². The Labute approximate surface area is 368 Å². The summed E-state index contributed by atoms with van der Waals surface area (Å²) in [6.07, 6.45) is 6.79. The molecule has 5 amide bonds. The number of H-pyrrole nitrogens is 2. The number of aromatic amines is 2. The average molecular weight is 885 g/mol. The smallest absolute Gasteiger partial charge is 0.326 e. The number of rotatable bonds is 23. The molecule has 0 bridgehead atoms. The predicted octanol–water partition coefficient (Wildman–Crippen LogP) is -0.383. The number of carbonyl (C=O) groups excluding carboxylic acids is 5. The zero-order chi connectivity index (χ0) is 46.2. The minimum atomic E-state index is -1.83. The van der Waals surface area contributed by atoms with Crippen molar-refractivity contribution in [1.29, 1.82) is 0 Å². The van der Waals surface area contributed by atoms with Crippen molar-refractivity contribution in [2.24, 2.45) is 22.2 Å². The zero-order valence-corrected chi connectivity index (χ0v) is 35.2. The normalized spacial score (nSPS) is 15.6. The Bertz CT molecular complexity index is 2270. The van der Waals surface area contributed by atoms with Crippen LogP contribution in [0, 0.1) is 0 Å². The number of nitrogens with one attached hydrogen (secondary N) is 7. The van der Waals surface area contributed by atoms with E-state index in [-0.39, 0.29) is 44.6 Å². The van der Waals surface area contributed by atoms with Crippen LogP contribution >= 0.6 is 0 Å². The van der Waals surface area contributed by atoms with Crippen LogP contribution in [0.5, 0.6) is 0 Å². The fourth-order valence-corrected chi connectivity index (χ4v) is 7.56. The van der Waals surface area contributed by atoms with E-state index in [4.69, 9.17) is 17.2 Å². The van der Waals surface area contributed by atoms with Crippen LogP contribution in [0.25, 0.3) is 10.9 Å². The second-order valence-electron chi connectivity index (χ2n) is 15.9. The van der Waals surface area contributed by atoms with Gasteiger partial charge in [0, 0.05) is 54.8 Å². The SMILES string of the molecule is NC(N)=NCCC[C@H](NC(=O)[C@@H](Cc1ccccc1)NC(=O)[C@H](Cc1cnc[nH]1)NC(=O)C1(N)CCCCC1)C(=O)N[C@@H](Cc1c[nH]c2ccccc12)C(=O)N[C@@H](CC(=O)O)C(=O)O. The second-order valence-corrected chi connectivity index (χ2v) is 15.9. The van der Waals surface area contributed by atoms with Gasteiger partial charge in [0.1, 0.15) is 30.2 Å². The Morgan fingerprint density at radius 3 is 1.94 bits per heavy atom. The van der Waals surface area contributed by atoms with Crippen LogP contribution in [-0.4, -0.2) is 115 Å². The molecule has 0 spiro atoms. The molecule has 21 nitrogen and oxygen atoms in total. The van der Waals surface area contributed by atoms with E-state index in [2.05, 4.69) is 46.5 Å². The van der Waals surface area contributed by atoms with Gasteiger partial charge in [-0.25, -0.2) is 9.78 Å². The number of nitrogens with zero attached hydrogens (tertiary/aromatic N) is 2. The summed E-state index contributed by atoms with van der Waals surface area (Å²) in [6.45, 7) is 0.0541. The first-order valence-corrected chi connectivity index (χ1v) is 21.0. The first kappa shape index (κ1) is 47.8. The maximum atomic E-state index is 14.4. The van der Waals surface area contributed by atoms with E-state index in [0.717, 1.165) is 24.8 Å². The molecule has 2 heterocycles. The summed E-state index contributed by atoms with van der Waals surface area (Å²) in [5, 5.41) is 32.9. The van der Waals surface area contributed by atoms with Crippen LogP contribution in [0.15, 0.2) is 78.3 Å². The van der Waals surface area contributed by atoms with E-state index in [1.807, 2.05) is 0 Å². The Hall–Kier alpha value is -7.29. The van der Waals surface area contributed by atoms with Gasteiger partial charge in [0.25, 0.3) is 0 Å². The summed E-state index contributed by atoms with van der Waals surface area (Å²) < 4.78 is 0. The highest BCUT2D eigenvalue weighted by atomic mass is 16.4. The molecule has 1 aliphatic carbocycles. The second kappa shape index (κ2) is 22.7. The Morgan fingerprint density at radius 1 is 0.719 bits per heavy atom. The van der Waals surface area contributed by atoms with Crippen LogP contribution < -0.4 is 43.8 Å². The third-order valence-corrected chi connectivity index (χ3v) is 11.0. The van der Waals surface area contributed by atoms with Crippen LogP contribution in [0.4, 0.5) is 0 Å². The van der Waals surface area contributed by atoms with E-state index in [1.165, 1.54) is 12.5 Å². The summed E-state index contributed by atoms with van der Waals surface area (Å²) in [7, 11) is 0. The minimum Gasteiger partial charge on any atom is -0.481 e. The molecule has 21 heteroatoms. The molecule has 0 aliphatic heterocycles. The maximum Gasteiger partial charge on any atom is 0.326 e. The Balaban J connectivity index is 1.43. The number of hydrogen-bond donors (Lipinski definition) is 12. The lowest BCUT2D eigenvalue weighted by molar-refractivity contribution is -0.147. The molecule has 2 aromatic heterocycles. The molecule has 1 saturated carbocycles. The number of aromatic nitrogens is 3. The number of hydrogen-bond acceptors (Lipinski definition) is 10. The molecule has 0 unspecified atom stereocenters. The van der Waals surface area contributed by atoms with E-state index >= 15 is 0 Å². The van der Waals surface area contributed by atoms with Gasteiger partial charge in [-0.2, -0.15) is 0 Å². The van der Waals surface area contributed by atoms with Crippen molar-refractivity contribution in [1.82, 2.24) is 41.5 Å². The molecule has 1 fully saturated rings. The van der Waals surface area contributed by atoms with E-state index in [0.29, 0.717) is 35.0 Å². The number of benzene rings is 2. The molecule has 15 N–H and O–H groups in total. The molecular weight excluding hydrogens is 829 g/mol. The molecule has 4 aromatic rings. The van der Waals surface area contributed by atoms with E-state index in [9.17, 15) is 43.8 Å². The lowest BCUT2D eigenvalue weighted by Gasteiger charge is -2.33. The van der Waals surface area contributed by atoms with Crippen molar-refractivity contribution in [2.75, 3.05) is 6.54 Å². The summed E-state index contributed by atoms with van der Waals surface area (Å²) in [5.41, 5.74) is 18.9. The first-order chi connectivity index (χ1) is 30.6. The minimum absolute atomic E-state index is 0.0156. The molecule has 2 aromatic carbocycles. The number of aliphatic imine (C=N–C) groups is 1. The number of fused-ring (bicyclic) bond motifs is 1. The Morgan fingerprint density at radius 2 is 1.31 bits per heavy atom. The van der Waals surface area contributed by atoms with Crippen molar-refractivity contribution in [3.63, 3.8) is 0 Å². The molecule has 1 aliphatic rings. The molecular formula is C43H56N12O9. The lowest BCUT2D eigenvalue weighted by atomic mass is 9.81. The van der Waals surface area contributed by atoms with Gasteiger partial charge in [-0.15, -0.1) is 0 Å². The van der Waals surface area contributed by atoms with Crippen molar-refractivity contribution in [3.8, 4) is 0 Å². The number of carboxylic acid groups (broad SMARTS) is 2. The van der Waals surface area contributed by atoms with Crippen LogP contribution in [-0.2, 0) is 52.8 Å². The molecule has 5 rings (SSSR count). The number of aliphatic carboxylic acids is 2. The van der Waals surface area contributed by atoms with Gasteiger partial charge in [0.15, 0.2) is 5.96 Å². The van der Waals surface area contributed by atoms with Gasteiger partial charge in [-0.3, -0.25) is 33.8 Å². The van der Waals surface area contributed by atoms with Crippen LogP contribution in [0.3, 0.4) is 0 Å². The number of nitrogens with two attached hydrogens (primary N) is 3. The number of guanidine groups is 1. The number of carbonyl (C=O) groups is 7. The van der Waals surface area contributed by atoms with Crippen molar-refractivity contribution in [2.45, 2.75) is 106 Å². The third-order valence-electron chi connectivity index (χ3n) is 11.0. The van der Waals surface area contributed by atoms with Gasteiger partial charge >= 0.3 is 11.9 Å². The number of para-hydroxylation sites is 1. The van der Waals surface area contributed by atoms with Crippen molar-refractivity contribution >= 4 is 58.3 Å². The number of carboxylic acids is 2. The Kier molecular flexibility index (Phi) is 16.9. The van der Waals surface area contributed by atoms with Gasteiger partial charge in [0.2, 0.25) is 29.5 Å². The van der Waals surface area contributed by atoms with Gasteiger partial charge in [-0.1, -0.05) is 67.8 Å². The summed E-state index contributed by atoms with van der Waals surface area (Å²) in [6, 6.07) is 8.74. The quantitative estimate of drug-likeness (QED) is 0.0257. The predicted molar refractivity (Wildman–Crippen MR) is 234 cm³/mol. The third kappa shape index (κ3) is 13.9. The first-order valence-electron chi connectivity index (χ1n) is 21.0. The van der Waals surface area contributed by atoms with Gasteiger partial charge in [-0.05, 0) is 42.9 Å². The zero-order valence-electron chi connectivity index (χ0n) is 35.2. The average Bonchev–Trinajstić information content (AvgIpc) is 3.94. The van der Waals surface area contributed by atoms with Gasteiger partial charge < -0.3 is 64.0 Å². The number of amides is 5. The largest absolute Gasteiger partial charge is 0.481 e.